The van der Waals surface area contributed by atoms with Gasteiger partial charge in [-0.15, -0.1) is 0 Å². The van der Waals surface area contributed by atoms with Crippen LogP contribution >= 0.6 is 0 Å². The summed E-state index contributed by atoms with van der Waals surface area (Å²) in [6.07, 6.45) is -0.727. The summed E-state index contributed by atoms with van der Waals surface area (Å²) in [5.41, 5.74) is -0.340. The molecule has 0 spiro atoms. The number of carbonyl (C=O) groups is 1. The summed E-state index contributed by atoms with van der Waals surface area (Å²) >= 11 is 0. The summed E-state index contributed by atoms with van der Waals surface area (Å²) in [5, 5.41) is 15.7. The van der Waals surface area contributed by atoms with E-state index >= 15 is 0 Å². The minimum Gasteiger partial charge on any atom is -0.376 e. The number of nitrogens with one attached hydrogen (secondary N) is 1. The van der Waals surface area contributed by atoms with E-state index in [9.17, 15) is 18.0 Å². The number of carbonyl (C=O) groups excluding carboxylic acids is 1. The Hall–Kier alpha value is -3.78. The van der Waals surface area contributed by atoms with Crippen molar-refractivity contribution in [1.82, 2.24) is 25.1 Å². The monoisotopic (exact) mass is 470 g/mol. The highest BCUT2D eigenvalue weighted by Crippen LogP contribution is 2.44. The maximum atomic E-state index is 13.6. The van der Waals surface area contributed by atoms with Gasteiger partial charge in [0.1, 0.15) is 12.4 Å². The lowest BCUT2D eigenvalue weighted by Gasteiger charge is -2.19. The van der Waals surface area contributed by atoms with Crippen LogP contribution in [0.3, 0.4) is 0 Å². The van der Waals surface area contributed by atoms with Crippen LogP contribution in [0, 0.1) is 17.2 Å². The second-order valence-corrected chi connectivity index (χ2v) is 8.08. The molecule has 1 aliphatic carbocycles. The number of benzene rings is 1. The van der Waals surface area contributed by atoms with Crippen molar-refractivity contribution in [2.24, 2.45) is 5.92 Å². The molecule has 2 heterocycles. The Morgan fingerprint density at radius 2 is 2.03 bits per heavy atom. The van der Waals surface area contributed by atoms with E-state index in [0.717, 1.165) is 25.0 Å². The van der Waals surface area contributed by atoms with E-state index in [1.165, 1.54) is 30.4 Å². The smallest absolute Gasteiger partial charge is 0.376 e. The first-order valence-electron chi connectivity index (χ1n) is 10.5. The van der Waals surface area contributed by atoms with Crippen molar-refractivity contribution in [2.45, 2.75) is 38.1 Å². The molecule has 8 nitrogen and oxygen atoms in total. The van der Waals surface area contributed by atoms with Crippen LogP contribution < -0.4 is 5.32 Å². The number of pyridine rings is 1. The Bertz CT molecular complexity index is 1230. The Kier molecular flexibility index (Phi) is 6.34. The molecule has 34 heavy (non-hydrogen) atoms. The van der Waals surface area contributed by atoms with Crippen molar-refractivity contribution in [3.63, 3.8) is 0 Å². The Morgan fingerprint density at radius 3 is 2.62 bits per heavy atom. The zero-order valence-electron chi connectivity index (χ0n) is 18.4. The van der Waals surface area contributed by atoms with Crippen LogP contribution in [0.4, 0.5) is 13.2 Å². The van der Waals surface area contributed by atoms with Gasteiger partial charge in [0.15, 0.2) is 11.6 Å². The molecule has 1 N–H and O–H groups in total. The van der Waals surface area contributed by atoms with Crippen molar-refractivity contribution < 1.29 is 22.7 Å². The Balaban J connectivity index is 1.60. The number of hydrogen-bond donors (Lipinski definition) is 1. The number of methoxy groups -OCH3 is 1. The van der Waals surface area contributed by atoms with E-state index in [0.29, 0.717) is 22.8 Å². The molecular formula is C23H21F3N6O2. The van der Waals surface area contributed by atoms with Gasteiger partial charge in [0.05, 0.1) is 23.3 Å². The summed E-state index contributed by atoms with van der Waals surface area (Å²) in [5.74, 6) is 0.154. The lowest BCUT2D eigenvalue weighted by atomic mass is 9.98. The number of hydrogen-bond acceptors (Lipinski definition) is 6. The molecule has 3 aromatic rings. The molecule has 1 fully saturated rings. The number of rotatable bonds is 7. The molecule has 2 unspecified atom stereocenters. The predicted molar refractivity (Wildman–Crippen MR) is 114 cm³/mol. The first-order valence-corrected chi connectivity index (χ1v) is 10.5. The highest BCUT2D eigenvalue weighted by atomic mass is 19.4. The number of halogens is 3. The van der Waals surface area contributed by atoms with Gasteiger partial charge in [0.25, 0.3) is 5.91 Å². The van der Waals surface area contributed by atoms with Gasteiger partial charge in [-0.3, -0.25) is 4.79 Å². The van der Waals surface area contributed by atoms with E-state index in [1.807, 2.05) is 6.07 Å². The van der Waals surface area contributed by atoms with Gasteiger partial charge in [0.2, 0.25) is 0 Å². The maximum absolute atomic E-state index is 13.6. The molecule has 4 rings (SSSR count). The normalized spacial score (nSPS) is 15.4. The SMILES string of the molecule is COC(c1cc(C(=O)NC(C)c2ncnn2-c2ccc(C#N)cn2)cc(C(F)(F)F)c1)C1CC1. The zero-order valence-corrected chi connectivity index (χ0v) is 18.4. The molecule has 2 atom stereocenters. The third kappa shape index (κ3) is 4.92. The van der Waals surface area contributed by atoms with Crippen LogP contribution in [-0.2, 0) is 10.9 Å². The number of nitrogens with zero attached hydrogens (tertiary/aromatic N) is 5. The fraction of sp³-hybridized carbons (Fsp3) is 0.348. The van der Waals surface area contributed by atoms with Crippen molar-refractivity contribution >= 4 is 5.91 Å². The fourth-order valence-corrected chi connectivity index (χ4v) is 3.75. The van der Waals surface area contributed by atoms with Gasteiger partial charge in [-0.05, 0) is 61.6 Å². The van der Waals surface area contributed by atoms with Crippen LogP contribution in [0.25, 0.3) is 5.82 Å². The van der Waals surface area contributed by atoms with Gasteiger partial charge < -0.3 is 10.1 Å². The standard InChI is InChI=1S/C23H21F3N6O2/c1-13(21-29-12-30-32(21)19-6-3-14(10-27)11-28-19)31-22(33)17-7-16(20(34-2)15-4-5-15)8-18(9-17)23(24,25)26/h3,6-9,11-13,15,20H,4-5H2,1-2H3,(H,31,33). The second-order valence-electron chi connectivity index (χ2n) is 8.08. The van der Waals surface area contributed by atoms with Crippen LogP contribution in [0.15, 0.2) is 42.9 Å². The quantitative estimate of drug-likeness (QED) is 0.556. The molecule has 0 saturated heterocycles. The number of alkyl halides is 3. The van der Waals surface area contributed by atoms with E-state index in [-0.39, 0.29) is 11.5 Å². The van der Waals surface area contributed by atoms with Crippen molar-refractivity contribution in [2.75, 3.05) is 7.11 Å². The van der Waals surface area contributed by atoms with Crippen molar-refractivity contribution in [1.29, 1.82) is 5.26 Å². The van der Waals surface area contributed by atoms with E-state index in [4.69, 9.17) is 10.00 Å². The van der Waals surface area contributed by atoms with E-state index < -0.39 is 29.8 Å². The van der Waals surface area contributed by atoms with Crippen LogP contribution in [-0.4, -0.2) is 32.8 Å². The highest BCUT2D eigenvalue weighted by Gasteiger charge is 2.36. The molecule has 1 aliphatic rings. The average Bonchev–Trinajstić information content (AvgIpc) is 3.52. The maximum Gasteiger partial charge on any atom is 0.416 e. The Morgan fingerprint density at radius 1 is 1.26 bits per heavy atom. The molecule has 2 aromatic heterocycles. The van der Waals surface area contributed by atoms with Crippen LogP contribution in [0.1, 0.15) is 64.8 Å². The minimum atomic E-state index is -4.61. The van der Waals surface area contributed by atoms with Crippen molar-refractivity contribution in [3.05, 3.63) is 70.9 Å². The molecule has 1 amide bonds. The molecular weight excluding hydrogens is 449 g/mol. The van der Waals surface area contributed by atoms with Gasteiger partial charge in [0, 0.05) is 18.9 Å². The number of aromatic nitrogens is 4. The largest absolute Gasteiger partial charge is 0.416 e. The van der Waals surface area contributed by atoms with Gasteiger partial charge in [-0.1, -0.05) is 0 Å². The van der Waals surface area contributed by atoms with E-state index in [1.54, 1.807) is 19.1 Å². The molecule has 176 valence electrons. The molecule has 1 aromatic carbocycles. The lowest BCUT2D eigenvalue weighted by Crippen LogP contribution is -2.29. The first-order chi connectivity index (χ1) is 16.2. The summed E-state index contributed by atoms with van der Waals surface area (Å²) in [4.78, 5) is 21.3. The molecule has 0 radical (unpaired) electrons. The number of amides is 1. The fourth-order valence-electron chi connectivity index (χ4n) is 3.75. The van der Waals surface area contributed by atoms with Crippen molar-refractivity contribution in [3.8, 4) is 11.9 Å². The molecule has 0 bridgehead atoms. The Labute approximate surface area is 193 Å². The number of ether oxygens (including phenoxy) is 1. The topological polar surface area (TPSA) is 106 Å². The highest BCUT2D eigenvalue weighted by molar-refractivity contribution is 5.94. The summed E-state index contributed by atoms with van der Waals surface area (Å²) in [7, 11) is 1.45. The molecule has 11 heteroatoms. The summed E-state index contributed by atoms with van der Waals surface area (Å²) in [6.45, 7) is 1.64. The first kappa shape index (κ1) is 23.4. The van der Waals surface area contributed by atoms with Gasteiger partial charge in [-0.2, -0.15) is 28.2 Å². The minimum absolute atomic E-state index is 0.123. The van der Waals surface area contributed by atoms with Gasteiger partial charge in [-0.25, -0.2) is 9.97 Å². The predicted octanol–water partition coefficient (Wildman–Crippen LogP) is 4.14. The lowest BCUT2D eigenvalue weighted by molar-refractivity contribution is -0.137. The average molecular weight is 470 g/mol. The summed E-state index contributed by atoms with van der Waals surface area (Å²) < 4.78 is 47.5. The third-order valence-electron chi connectivity index (χ3n) is 5.58. The zero-order chi connectivity index (χ0) is 24.5. The van der Waals surface area contributed by atoms with Crippen LogP contribution in [0.5, 0.6) is 0 Å². The molecule has 0 aliphatic heterocycles. The van der Waals surface area contributed by atoms with Gasteiger partial charge >= 0.3 is 6.18 Å². The molecule has 1 saturated carbocycles. The summed E-state index contributed by atoms with van der Waals surface area (Å²) in [6, 6.07) is 7.72. The number of nitriles is 1. The van der Waals surface area contributed by atoms with E-state index in [2.05, 4.69) is 20.4 Å². The second kappa shape index (κ2) is 9.23. The third-order valence-corrected chi connectivity index (χ3v) is 5.58. The van der Waals surface area contributed by atoms with Crippen LogP contribution in [0.2, 0.25) is 0 Å².